The Labute approximate surface area is 173 Å². The van der Waals surface area contributed by atoms with E-state index in [1.165, 1.54) is 0 Å². The summed E-state index contributed by atoms with van der Waals surface area (Å²) in [6, 6.07) is 15.7. The Morgan fingerprint density at radius 2 is 1.86 bits per heavy atom. The largest absolute Gasteiger partial charge is 0.461 e. The SMILES string of the molecule is CC(C)OC(=O)C(C)(N)c1ccc2c(c1)C(C)(C)CC(C#Cc1ccccc1)=N2. The molecule has 29 heavy (non-hydrogen) atoms. The Bertz CT molecular complexity index is 1010. The Morgan fingerprint density at radius 1 is 1.17 bits per heavy atom. The number of nitrogens with zero attached hydrogens (tertiary/aromatic N) is 1. The molecular weight excluding hydrogens is 360 g/mol. The van der Waals surface area contributed by atoms with Crippen molar-refractivity contribution in [1.82, 2.24) is 0 Å². The third-order valence-corrected chi connectivity index (χ3v) is 5.08. The highest BCUT2D eigenvalue weighted by atomic mass is 16.5. The van der Waals surface area contributed by atoms with E-state index < -0.39 is 11.5 Å². The molecule has 2 N–H and O–H groups in total. The number of carbonyl (C=O) groups excluding carboxylic acids is 1. The first-order valence-corrected chi connectivity index (χ1v) is 9.89. The standard InChI is InChI=1S/C25H28N2O2/c1-17(2)29-23(28)25(5,26)19-12-14-22-21(15-19)24(3,4)16-20(27-22)13-11-18-9-7-6-8-10-18/h6-10,12,14-15,17H,16,26H2,1-5H3. The molecule has 0 spiro atoms. The van der Waals surface area contributed by atoms with Crippen molar-refractivity contribution in [3.63, 3.8) is 0 Å². The molecule has 1 aliphatic heterocycles. The number of hydrogen-bond donors (Lipinski definition) is 1. The summed E-state index contributed by atoms with van der Waals surface area (Å²) >= 11 is 0. The second-order valence-corrected chi connectivity index (χ2v) is 8.62. The molecular formula is C25H28N2O2. The molecule has 0 aromatic heterocycles. The van der Waals surface area contributed by atoms with Crippen molar-refractivity contribution in [1.29, 1.82) is 0 Å². The van der Waals surface area contributed by atoms with Crippen LogP contribution in [0, 0.1) is 11.8 Å². The van der Waals surface area contributed by atoms with Crippen LogP contribution in [0.25, 0.3) is 0 Å². The molecule has 0 fully saturated rings. The van der Waals surface area contributed by atoms with Gasteiger partial charge in [0.1, 0.15) is 5.54 Å². The number of hydrogen-bond acceptors (Lipinski definition) is 4. The van der Waals surface area contributed by atoms with Crippen molar-refractivity contribution in [3.8, 4) is 11.8 Å². The number of nitrogens with two attached hydrogens (primary N) is 1. The van der Waals surface area contributed by atoms with E-state index in [0.717, 1.165) is 34.5 Å². The van der Waals surface area contributed by atoms with E-state index in [1.807, 2.05) is 62.4 Å². The first-order chi connectivity index (χ1) is 13.6. The summed E-state index contributed by atoms with van der Waals surface area (Å²) in [6.45, 7) is 9.65. The predicted molar refractivity (Wildman–Crippen MR) is 117 cm³/mol. The molecule has 1 atom stereocenters. The summed E-state index contributed by atoms with van der Waals surface area (Å²) in [5, 5.41) is 0. The molecule has 0 amide bonds. The van der Waals surface area contributed by atoms with Crippen LogP contribution in [0.5, 0.6) is 0 Å². The minimum Gasteiger partial charge on any atom is -0.461 e. The van der Waals surface area contributed by atoms with Crippen LogP contribution in [0.1, 0.15) is 57.7 Å². The lowest BCUT2D eigenvalue weighted by Crippen LogP contribution is -2.44. The van der Waals surface area contributed by atoms with Gasteiger partial charge >= 0.3 is 5.97 Å². The fraction of sp³-hybridized carbons (Fsp3) is 0.360. The zero-order chi connectivity index (χ0) is 21.2. The predicted octanol–water partition coefficient (Wildman–Crippen LogP) is 4.62. The van der Waals surface area contributed by atoms with E-state index in [9.17, 15) is 4.79 Å². The molecule has 0 saturated heterocycles. The van der Waals surface area contributed by atoms with Gasteiger partial charge in [-0.1, -0.05) is 50.1 Å². The van der Waals surface area contributed by atoms with Crippen LogP contribution in [-0.4, -0.2) is 17.8 Å². The van der Waals surface area contributed by atoms with Gasteiger partial charge in [-0.05, 0) is 61.4 Å². The second-order valence-electron chi connectivity index (χ2n) is 8.62. The lowest BCUT2D eigenvalue weighted by Gasteiger charge is -2.32. The molecule has 150 valence electrons. The Hall–Kier alpha value is -2.90. The van der Waals surface area contributed by atoms with Gasteiger partial charge in [0.2, 0.25) is 0 Å². The number of benzene rings is 2. The molecule has 0 bridgehead atoms. The van der Waals surface area contributed by atoms with Gasteiger partial charge in [0.05, 0.1) is 17.5 Å². The maximum atomic E-state index is 12.5. The van der Waals surface area contributed by atoms with E-state index in [-0.39, 0.29) is 11.5 Å². The highest BCUT2D eigenvalue weighted by Gasteiger charge is 2.36. The van der Waals surface area contributed by atoms with E-state index >= 15 is 0 Å². The van der Waals surface area contributed by atoms with Gasteiger partial charge in [0.25, 0.3) is 0 Å². The molecule has 1 heterocycles. The van der Waals surface area contributed by atoms with Crippen LogP contribution in [0.4, 0.5) is 5.69 Å². The third-order valence-electron chi connectivity index (χ3n) is 5.08. The topological polar surface area (TPSA) is 64.7 Å². The van der Waals surface area contributed by atoms with Gasteiger partial charge in [0, 0.05) is 12.0 Å². The number of carbonyl (C=O) groups is 1. The van der Waals surface area contributed by atoms with Crippen molar-refractivity contribution in [2.45, 2.75) is 58.1 Å². The zero-order valence-electron chi connectivity index (χ0n) is 17.7. The first kappa shape index (κ1) is 20.8. The van der Waals surface area contributed by atoms with Crippen molar-refractivity contribution < 1.29 is 9.53 Å². The van der Waals surface area contributed by atoms with Gasteiger partial charge in [0.15, 0.2) is 0 Å². The molecule has 0 saturated carbocycles. The maximum Gasteiger partial charge on any atom is 0.330 e. The van der Waals surface area contributed by atoms with Gasteiger partial charge < -0.3 is 10.5 Å². The maximum absolute atomic E-state index is 12.5. The molecule has 2 aromatic rings. The average Bonchev–Trinajstić information content (AvgIpc) is 2.66. The van der Waals surface area contributed by atoms with Crippen molar-refractivity contribution >= 4 is 17.4 Å². The van der Waals surface area contributed by atoms with Gasteiger partial charge in [-0.2, -0.15) is 0 Å². The summed E-state index contributed by atoms with van der Waals surface area (Å²) in [5.74, 6) is 5.98. The molecule has 3 rings (SSSR count). The molecule has 1 unspecified atom stereocenters. The van der Waals surface area contributed by atoms with Crippen LogP contribution in [0.2, 0.25) is 0 Å². The van der Waals surface area contributed by atoms with Crippen molar-refractivity contribution in [2.75, 3.05) is 0 Å². The third kappa shape index (κ3) is 4.58. The fourth-order valence-electron chi connectivity index (χ4n) is 3.39. The van der Waals surface area contributed by atoms with Gasteiger partial charge in [-0.25, -0.2) is 9.79 Å². The minimum atomic E-state index is -1.22. The smallest absolute Gasteiger partial charge is 0.330 e. The van der Waals surface area contributed by atoms with E-state index in [1.54, 1.807) is 6.92 Å². The van der Waals surface area contributed by atoms with Crippen LogP contribution in [0.15, 0.2) is 53.5 Å². The molecule has 4 nitrogen and oxygen atoms in total. The quantitative estimate of drug-likeness (QED) is 0.616. The summed E-state index contributed by atoms with van der Waals surface area (Å²) in [7, 11) is 0. The average molecular weight is 389 g/mol. The van der Waals surface area contributed by atoms with E-state index in [2.05, 4.69) is 25.7 Å². The Morgan fingerprint density at radius 3 is 2.52 bits per heavy atom. The molecule has 0 aliphatic carbocycles. The summed E-state index contributed by atoms with van der Waals surface area (Å²) in [4.78, 5) is 17.2. The van der Waals surface area contributed by atoms with Crippen LogP contribution < -0.4 is 5.73 Å². The summed E-state index contributed by atoms with van der Waals surface area (Å²) < 4.78 is 5.35. The first-order valence-electron chi connectivity index (χ1n) is 9.89. The Kier molecular flexibility index (Phi) is 5.64. The highest BCUT2D eigenvalue weighted by molar-refractivity contribution is 6.04. The second kappa shape index (κ2) is 7.85. The highest BCUT2D eigenvalue weighted by Crippen LogP contribution is 2.40. The van der Waals surface area contributed by atoms with Crippen molar-refractivity contribution in [3.05, 3.63) is 65.2 Å². The lowest BCUT2D eigenvalue weighted by molar-refractivity contribution is -0.153. The number of aliphatic imine (C=N–C) groups is 1. The van der Waals surface area contributed by atoms with E-state index in [0.29, 0.717) is 0 Å². The number of ether oxygens (including phenoxy) is 1. The molecule has 0 radical (unpaired) electrons. The summed E-state index contributed by atoms with van der Waals surface area (Å²) in [6.07, 6.45) is 0.510. The number of esters is 1. The lowest BCUT2D eigenvalue weighted by atomic mass is 9.75. The van der Waals surface area contributed by atoms with Gasteiger partial charge in [-0.3, -0.25) is 0 Å². The Balaban J connectivity index is 1.96. The molecule has 4 heteroatoms. The fourth-order valence-corrected chi connectivity index (χ4v) is 3.39. The molecule has 1 aliphatic rings. The monoisotopic (exact) mass is 388 g/mol. The van der Waals surface area contributed by atoms with Crippen LogP contribution in [0.3, 0.4) is 0 Å². The summed E-state index contributed by atoms with van der Waals surface area (Å²) in [5.41, 5.74) is 9.45. The normalized spacial score (nSPS) is 16.7. The van der Waals surface area contributed by atoms with Crippen molar-refractivity contribution in [2.24, 2.45) is 10.7 Å². The van der Waals surface area contributed by atoms with Crippen LogP contribution >= 0.6 is 0 Å². The zero-order valence-corrected chi connectivity index (χ0v) is 17.7. The minimum absolute atomic E-state index is 0.175. The molecule has 2 aromatic carbocycles. The van der Waals surface area contributed by atoms with E-state index in [4.69, 9.17) is 15.5 Å². The van der Waals surface area contributed by atoms with Crippen LogP contribution in [-0.2, 0) is 20.5 Å². The number of rotatable bonds is 3. The number of fused-ring (bicyclic) bond motifs is 1. The van der Waals surface area contributed by atoms with Gasteiger partial charge in [-0.15, -0.1) is 0 Å².